The first-order valence-corrected chi connectivity index (χ1v) is 7.41. The topological polar surface area (TPSA) is 61.4 Å². The third-order valence-electron chi connectivity index (χ3n) is 2.77. The molecule has 0 saturated heterocycles. The van der Waals surface area contributed by atoms with Crippen LogP contribution in [0.5, 0.6) is 0 Å². The van der Waals surface area contributed by atoms with Crippen molar-refractivity contribution in [3.8, 4) is 0 Å². The molecule has 6 heteroatoms. The van der Waals surface area contributed by atoms with Crippen LogP contribution < -0.4 is 10.6 Å². The van der Waals surface area contributed by atoms with Crippen LogP contribution in [0.4, 0.5) is 4.79 Å². The van der Waals surface area contributed by atoms with E-state index in [-0.39, 0.29) is 24.6 Å². The highest BCUT2D eigenvalue weighted by molar-refractivity contribution is 9.10. The lowest BCUT2D eigenvalue weighted by Crippen LogP contribution is -2.40. The van der Waals surface area contributed by atoms with Crippen molar-refractivity contribution >= 4 is 33.3 Å². The average Bonchev–Trinajstić information content (AvgIpc) is 2.95. The summed E-state index contributed by atoms with van der Waals surface area (Å²) in [6, 6.07) is 1.84. The Kier molecular flexibility index (Phi) is 4.79. The summed E-state index contributed by atoms with van der Waals surface area (Å²) in [6.45, 7) is 0.668. The smallest absolute Gasteiger partial charge is 0.315 e. The molecule has 0 spiro atoms. The first kappa shape index (κ1) is 13.6. The zero-order valence-corrected chi connectivity index (χ0v) is 12.1. The molecule has 0 bridgehead atoms. The Bertz CT molecular complexity index is 447. The lowest BCUT2D eigenvalue weighted by Gasteiger charge is -2.13. The molecule has 1 aromatic heterocycles. The second-order valence-electron chi connectivity index (χ2n) is 4.23. The second-order valence-corrected chi connectivity index (χ2v) is 6.14. The van der Waals surface area contributed by atoms with Gasteiger partial charge >= 0.3 is 6.03 Å². The predicted octanol–water partition coefficient (Wildman–Crippen LogP) is 2.25. The van der Waals surface area contributed by atoms with Crippen LogP contribution in [-0.4, -0.2) is 23.8 Å². The van der Waals surface area contributed by atoms with Crippen LogP contribution in [0, 0.1) is 5.92 Å². The summed E-state index contributed by atoms with van der Waals surface area (Å²) < 4.78 is 1.04. The van der Waals surface area contributed by atoms with Gasteiger partial charge in [-0.2, -0.15) is 0 Å². The minimum Gasteiger partial charge on any atom is -0.396 e. The standard InChI is InChI=1S/C12H15BrN2O2S/c13-9-4-11(18-7-9)5-14-12(17)15-10-2-1-8(3-10)6-16/h1-2,4,7-8,10,16H,3,5-6H2,(H2,14,15,17)/t8-,10+/m0/s1. The fourth-order valence-electron chi connectivity index (χ4n) is 1.85. The molecule has 0 saturated carbocycles. The maximum atomic E-state index is 11.6. The van der Waals surface area contributed by atoms with Gasteiger partial charge < -0.3 is 15.7 Å². The van der Waals surface area contributed by atoms with Crippen molar-refractivity contribution in [3.63, 3.8) is 0 Å². The minimum absolute atomic E-state index is 0.0252. The maximum Gasteiger partial charge on any atom is 0.315 e. The monoisotopic (exact) mass is 330 g/mol. The molecule has 2 amide bonds. The molecule has 1 heterocycles. The maximum absolute atomic E-state index is 11.6. The van der Waals surface area contributed by atoms with E-state index >= 15 is 0 Å². The number of hydrogen-bond donors (Lipinski definition) is 3. The highest BCUT2D eigenvalue weighted by Crippen LogP contribution is 2.19. The number of halogens is 1. The summed E-state index contributed by atoms with van der Waals surface area (Å²) in [6.07, 6.45) is 4.65. The third kappa shape index (κ3) is 3.83. The third-order valence-corrected chi connectivity index (χ3v) is 4.47. The summed E-state index contributed by atoms with van der Waals surface area (Å²) in [5.41, 5.74) is 0. The number of thiophene rings is 1. The van der Waals surface area contributed by atoms with E-state index in [4.69, 9.17) is 5.11 Å². The molecular formula is C12H15BrN2O2S. The highest BCUT2D eigenvalue weighted by Gasteiger charge is 2.19. The number of carbonyl (C=O) groups is 1. The number of urea groups is 1. The Morgan fingerprint density at radius 3 is 3.00 bits per heavy atom. The van der Waals surface area contributed by atoms with Crippen molar-refractivity contribution in [2.75, 3.05) is 6.61 Å². The van der Waals surface area contributed by atoms with Gasteiger partial charge in [0, 0.05) is 33.3 Å². The normalized spacial score (nSPS) is 22.1. The second kappa shape index (κ2) is 6.36. The van der Waals surface area contributed by atoms with Crippen molar-refractivity contribution in [1.29, 1.82) is 0 Å². The molecule has 18 heavy (non-hydrogen) atoms. The Labute approximate surface area is 118 Å². The number of hydrogen-bond acceptors (Lipinski definition) is 3. The number of nitrogens with one attached hydrogen (secondary N) is 2. The van der Waals surface area contributed by atoms with Crippen LogP contribution >= 0.6 is 27.3 Å². The molecule has 4 nitrogen and oxygen atoms in total. The van der Waals surface area contributed by atoms with Crippen molar-refractivity contribution in [2.45, 2.75) is 19.0 Å². The largest absolute Gasteiger partial charge is 0.396 e. The van der Waals surface area contributed by atoms with E-state index in [1.165, 1.54) is 0 Å². The molecule has 2 atom stereocenters. The predicted molar refractivity (Wildman–Crippen MR) is 75.5 cm³/mol. The van der Waals surface area contributed by atoms with Gasteiger partial charge in [0.2, 0.25) is 0 Å². The van der Waals surface area contributed by atoms with E-state index in [1.807, 2.05) is 23.6 Å². The van der Waals surface area contributed by atoms with Crippen LogP contribution in [0.1, 0.15) is 11.3 Å². The van der Waals surface area contributed by atoms with Gasteiger partial charge in [-0.3, -0.25) is 0 Å². The van der Waals surface area contributed by atoms with E-state index in [9.17, 15) is 4.79 Å². The zero-order valence-electron chi connectivity index (χ0n) is 9.73. The Balaban J connectivity index is 1.71. The summed E-state index contributed by atoms with van der Waals surface area (Å²) in [5, 5.41) is 16.7. The van der Waals surface area contributed by atoms with E-state index in [0.717, 1.165) is 15.8 Å². The average molecular weight is 331 g/mol. The summed E-state index contributed by atoms with van der Waals surface area (Å²) in [5.74, 6) is 0.170. The molecule has 0 unspecified atom stereocenters. The summed E-state index contributed by atoms with van der Waals surface area (Å²) in [4.78, 5) is 12.8. The van der Waals surface area contributed by atoms with Gasteiger partial charge in [0.15, 0.2) is 0 Å². The Morgan fingerprint density at radius 2 is 2.39 bits per heavy atom. The van der Waals surface area contributed by atoms with E-state index in [2.05, 4.69) is 26.6 Å². The molecule has 3 N–H and O–H groups in total. The number of rotatable bonds is 4. The SMILES string of the molecule is O=C(NCc1cc(Br)cs1)N[C@@H]1C=C[C@H](CO)C1. The van der Waals surface area contributed by atoms with Crippen LogP contribution in [0.25, 0.3) is 0 Å². The van der Waals surface area contributed by atoms with Crippen molar-refractivity contribution in [1.82, 2.24) is 10.6 Å². The van der Waals surface area contributed by atoms with Crippen LogP contribution in [0.15, 0.2) is 28.1 Å². The minimum atomic E-state index is -0.173. The molecule has 1 aromatic rings. The van der Waals surface area contributed by atoms with Gasteiger partial charge in [0.25, 0.3) is 0 Å². The first-order chi connectivity index (χ1) is 8.67. The van der Waals surface area contributed by atoms with Gasteiger partial charge in [0.1, 0.15) is 0 Å². The van der Waals surface area contributed by atoms with Crippen molar-refractivity contribution in [3.05, 3.63) is 32.9 Å². The lowest BCUT2D eigenvalue weighted by molar-refractivity contribution is 0.231. The van der Waals surface area contributed by atoms with Gasteiger partial charge in [-0.15, -0.1) is 11.3 Å². The first-order valence-electron chi connectivity index (χ1n) is 5.74. The fourth-order valence-corrected chi connectivity index (χ4v) is 3.24. The zero-order chi connectivity index (χ0) is 13.0. The van der Waals surface area contributed by atoms with E-state index in [1.54, 1.807) is 11.3 Å². The molecule has 2 rings (SSSR count). The number of amides is 2. The molecule has 0 aromatic carbocycles. The van der Waals surface area contributed by atoms with Crippen LogP contribution in [-0.2, 0) is 6.54 Å². The highest BCUT2D eigenvalue weighted by atomic mass is 79.9. The molecule has 98 valence electrons. The van der Waals surface area contributed by atoms with Gasteiger partial charge in [0.05, 0.1) is 6.54 Å². The van der Waals surface area contributed by atoms with Crippen molar-refractivity contribution < 1.29 is 9.90 Å². The molecular weight excluding hydrogens is 316 g/mol. The number of aliphatic hydroxyl groups is 1. The summed E-state index contributed by atoms with van der Waals surface area (Å²) >= 11 is 4.98. The van der Waals surface area contributed by atoms with Gasteiger partial charge in [-0.05, 0) is 28.4 Å². The molecule has 0 radical (unpaired) electrons. The van der Waals surface area contributed by atoms with E-state index in [0.29, 0.717) is 6.54 Å². The molecule has 0 fully saturated rings. The number of carbonyl (C=O) groups excluding carboxylic acids is 1. The van der Waals surface area contributed by atoms with Crippen LogP contribution in [0.3, 0.4) is 0 Å². The molecule has 1 aliphatic carbocycles. The Hall–Kier alpha value is -0.850. The quantitative estimate of drug-likeness (QED) is 0.741. The Morgan fingerprint density at radius 1 is 1.56 bits per heavy atom. The van der Waals surface area contributed by atoms with E-state index < -0.39 is 0 Å². The fraction of sp³-hybridized carbons (Fsp3) is 0.417. The van der Waals surface area contributed by atoms with Gasteiger partial charge in [-0.1, -0.05) is 12.2 Å². The number of aliphatic hydroxyl groups excluding tert-OH is 1. The van der Waals surface area contributed by atoms with Gasteiger partial charge in [-0.25, -0.2) is 4.79 Å². The molecule has 0 aliphatic heterocycles. The van der Waals surface area contributed by atoms with Crippen molar-refractivity contribution in [2.24, 2.45) is 5.92 Å². The molecule has 1 aliphatic rings. The lowest BCUT2D eigenvalue weighted by atomic mass is 10.1. The van der Waals surface area contributed by atoms with Crippen LogP contribution in [0.2, 0.25) is 0 Å². The summed E-state index contributed by atoms with van der Waals surface area (Å²) in [7, 11) is 0.